The van der Waals surface area contributed by atoms with Gasteiger partial charge in [0.1, 0.15) is 0 Å². The molecule has 1 aliphatic carbocycles. The van der Waals surface area contributed by atoms with Crippen molar-refractivity contribution in [3.63, 3.8) is 0 Å². The minimum absolute atomic E-state index is 0.145. The van der Waals surface area contributed by atoms with E-state index in [-0.39, 0.29) is 5.41 Å². The molecule has 1 aromatic heterocycles. The second-order valence-electron chi connectivity index (χ2n) is 8.80. The number of fused-ring (bicyclic) bond motifs is 1. The monoisotopic (exact) mass is 375 g/mol. The lowest BCUT2D eigenvalue weighted by atomic mass is 9.85. The SMILES string of the molecule is O=C1N(Cc2ccccn2)CCC12CCN(C1CCc3ccccc3CC1)C2. The number of aromatic nitrogens is 1. The Hall–Kier alpha value is -2.20. The highest BCUT2D eigenvalue weighted by Crippen LogP contribution is 2.42. The van der Waals surface area contributed by atoms with Crippen LogP contribution in [-0.2, 0) is 24.2 Å². The van der Waals surface area contributed by atoms with Crippen LogP contribution in [0.15, 0.2) is 48.7 Å². The molecule has 3 aliphatic rings. The summed E-state index contributed by atoms with van der Waals surface area (Å²) in [5.74, 6) is 0.359. The summed E-state index contributed by atoms with van der Waals surface area (Å²) in [7, 11) is 0. The van der Waals surface area contributed by atoms with Crippen LogP contribution in [0, 0.1) is 5.41 Å². The number of aryl methyl sites for hydroxylation is 2. The molecule has 1 atom stereocenters. The summed E-state index contributed by atoms with van der Waals surface area (Å²) in [5, 5.41) is 0. The van der Waals surface area contributed by atoms with E-state index < -0.39 is 0 Å². The van der Waals surface area contributed by atoms with Gasteiger partial charge in [-0.05, 0) is 68.3 Å². The second kappa shape index (κ2) is 7.32. The Labute approximate surface area is 167 Å². The number of carbonyl (C=O) groups excluding carboxylic acids is 1. The average molecular weight is 376 g/mol. The lowest BCUT2D eigenvalue weighted by Gasteiger charge is -2.29. The van der Waals surface area contributed by atoms with Crippen molar-refractivity contribution in [2.45, 2.75) is 51.1 Å². The van der Waals surface area contributed by atoms with Gasteiger partial charge in [0.05, 0.1) is 17.7 Å². The van der Waals surface area contributed by atoms with Gasteiger partial charge in [-0.3, -0.25) is 14.7 Å². The van der Waals surface area contributed by atoms with Gasteiger partial charge in [-0.1, -0.05) is 30.3 Å². The number of rotatable bonds is 3. The number of likely N-dealkylation sites (tertiary alicyclic amines) is 2. The predicted molar refractivity (Wildman–Crippen MR) is 110 cm³/mol. The molecule has 0 bridgehead atoms. The lowest BCUT2D eigenvalue weighted by molar-refractivity contribution is -0.136. The normalized spacial score (nSPS) is 26.0. The molecular weight excluding hydrogens is 346 g/mol. The molecule has 3 heterocycles. The molecule has 4 nitrogen and oxygen atoms in total. The van der Waals surface area contributed by atoms with Crippen LogP contribution >= 0.6 is 0 Å². The van der Waals surface area contributed by atoms with Crippen molar-refractivity contribution in [2.75, 3.05) is 19.6 Å². The van der Waals surface area contributed by atoms with Crippen molar-refractivity contribution in [1.82, 2.24) is 14.8 Å². The molecule has 1 amide bonds. The van der Waals surface area contributed by atoms with Gasteiger partial charge in [0, 0.05) is 25.3 Å². The molecule has 2 aromatic rings. The summed E-state index contributed by atoms with van der Waals surface area (Å²) in [6.45, 7) is 3.55. The first-order valence-corrected chi connectivity index (χ1v) is 10.7. The van der Waals surface area contributed by atoms with Crippen LogP contribution in [0.3, 0.4) is 0 Å². The minimum Gasteiger partial charge on any atom is -0.336 e. The van der Waals surface area contributed by atoms with Crippen molar-refractivity contribution >= 4 is 5.91 Å². The number of hydrogen-bond acceptors (Lipinski definition) is 3. The van der Waals surface area contributed by atoms with E-state index in [0.29, 0.717) is 18.5 Å². The highest BCUT2D eigenvalue weighted by molar-refractivity contribution is 5.85. The maximum absolute atomic E-state index is 13.3. The third-order valence-electron chi connectivity index (χ3n) is 7.19. The summed E-state index contributed by atoms with van der Waals surface area (Å²) >= 11 is 0. The van der Waals surface area contributed by atoms with Crippen molar-refractivity contribution in [1.29, 1.82) is 0 Å². The van der Waals surface area contributed by atoms with Gasteiger partial charge in [-0.2, -0.15) is 0 Å². The van der Waals surface area contributed by atoms with Crippen LogP contribution < -0.4 is 0 Å². The summed E-state index contributed by atoms with van der Waals surface area (Å²) in [6, 6.07) is 15.5. The number of benzene rings is 1. The molecule has 2 fully saturated rings. The number of hydrogen-bond donors (Lipinski definition) is 0. The van der Waals surface area contributed by atoms with Gasteiger partial charge >= 0.3 is 0 Å². The van der Waals surface area contributed by atoms with Gasteiger partial charge in [-0.25, -0.2) is 0 Å². The van der Waals surface area contributed by atoms with Crippen LogP contribution in [0.1, 0.15) is 42.5 Å². The van der Waals surface area contributed by atoms with Crippen LogP contribution in [0.5, 0.6) is 0 Å². The van der Waals surface area contributed by atoms with Crippen molar-refractivity contribution in [3.05, 3.63) is 65.5 Å². The van der Waals surface area contributed by atoms with E-state index in [9.17, 15) is 4.79 Å². The Morgan fingerprint density at radius 1 is 0.964 bits per heavy atom. The molecule has 146 valence electrons. The Morgan fingerprint density at radius 2 is 1.68 bits per heavy atom. The summed E-state index contributed by atoms with van der Waals surface area (Å²) in [4.78, 5) is 22.4. The molecule has 0 N–H and O–H groups in total. The minimum atomic E-state index is -0.145. The number of carbonyl (C=O) groups is 1. The maximum Gasteiger partial charge on any atom is 0.230 e. The largest absolute Gasteiger partial charge is 0.336 e. The smallest absolute Gasteiger partial charge is 0.230 e. The Bertz CT molecular complexity index is 825. The fraction of sp³-hybridized carbons (Fsp3) is 0.500. The first-order valence-electron chi connectivity index (χ1n) is 10.7. The number of nitrogens with zero attached hydrogens (tertiary/aromatic N) is 3. The summed E-state index contributed by atoms with van der Waals surface area (Å²) in [6.07, 6.45) is 8.62. The molecule has 28 heavy (non-hydrogen) atoms. The summed E-state index contributed by atoms with van der Waals surface area (Å²) < 4.78 is 0. The molecule has 1 aromatic carbocycles. The zero-order chi connectivity index (χ0) is 19.0. The van der Waals surface area contributed by atoms with Gasteiger partial charge in [-0.15, -0.1) is 0 Å². The molecule has 0 radical (unpaired) electrons. The van der Waals surface area contributed by atoms with Crippen LogP contribution in [0.25, 0.3) is 0 Å². The maximum atomic E-state index is 13.3. The highest BCUT2D eigenvalue weighted by atomic mass is 16.2. The first kappa shape index (κ1) is 17.9. The Morgan fingerprint density at radius 3 is 2.39 bits per heavy atom. The molecule has 1 unspecified atom stereocenters. The quantitative estimate of drug-likeness (QED) is 0.771. The van der Waals surface area contributed by atoms with E-state index in [4.69, 9.17) is 0 Å². The fourth-order valence-electron chi connectivity index (χ4n) is 5.52. The molecule has 2 saturated heterocycles. The van der Waals surface area contributed by atoms with Crippen molar-refractivity contribution in [3.8, 4) is 0 Å². The Balaban J connectivity index is 1.24. The third-order valence-corrected chi connectivity index (χ3v) is 7.19. The fourth-order valence-corrected chi connectivity index (χ4v) is 5.52. The number of pyridine rings is 1. The van der Waals surface area contributed by atoms with E-state index in [2.05, 4.69) is 34.1 Å². The lowest BCUT2D eigenvalue weighted by Crippen LogP contribution is -2.39. The zero-order valence-corrected chi connectivity index (χ0v) is 16.5. The second-order valence-corrected chi connectivity index (χ2v) is 8.80. The van der Waals surface area contributed by atoms with Crippen molar-refractivity contribution < 1.29 is 4.79 Å². The Kier molecular flexibility index (Phi) is 4.67. The van der Waals surface area contributed by atoms with E-state index in [1.165, 1.54) is 36.8 Å². The van der Waals surface area contributed by atoms with E-state index in [0.717, 1.165) is 38.2 Å². The standard InChI is InChI=1S/C24H29N3O/c28-23-24(12-15-26(23)17-21-7-3-4-14-25-21)13-16-27(18-24)22-10-8-19-5-1-2-6-20(19)9-11-22/h1-7,14,22H,8-13,15-18H2. The van der Waals surface area contributed by atoms with E-state index in [1.807, 2.05) is 29.3 Å². The summed E-state index contributed by atoms with van der Waals surface area (Å²) in [5.41, 5.74) is 3.90. The zero-order valence-electron chi connectivity index (χ0n) is 16.5. The van der Waals surface area contributed by atoms with Crippen molar-refractivity contribution in [2.24, 2.45) is 5.41 Å². The predicted octanol–water partition coefficient (Wildman–Crippen LogP) is 3.45. The van der Waals surface area contributed by atoms with Crippen LogP contribution in [0.4, 0.5) is 0 Å². The first-order chi connectivity index (χ1) is 13.7. The van der Waals surface area contributed by atoms with Gasteiger partial charge in [0.25, 0.3) is 0 Å². The third kappa shape index (κ3) is 3.24. The highest BCUT2D eigenvalue weighted by Gasteiger charge is 2.51. The number of amides is 1. The van der Waals surface area contributed by atoms with E-state index in [1.54, 1.807) is 0 Å². The molecule has 2 aliphatic heterocycles. The van der Waals surface area contributed by atoms with Crippen LogP contribution in [-0.4, -0.2) is 46.4 Å². The molecule has 5 rings (SSSR count). The average Bonchev–Trinajstić information content (AvgIpc) is 3.21. The molecular formula is C24H29N3O. The topological polar surface area (TPSA) is 36.4 Å². The van der Waals surface area contributed by atoms with Gasteiger partial charge in [0.2, 0.25) is 5.91 Å². The van der Waals surface area contributed by atoms with Gasteiger partial charge < -0.3 is 4.90 Å². The molecule has 4 heteroatoms. The van der Waals surface area contributed by atoms with Crippen LogP contribution in [0.2, 0.25) is 0 Å². The van der Waals surface area contributed by atoms with E-state index >= 15 is 0 Å². The molecule has 0 saturated carbocycles. The van der Waals surface area contributed by atoms with Gasteiger partial charge in [0.15, 0.2) is 0 Å². The molecule has 1 spiro atoms.